The largest absolute Gasteiger partial charge is 0.410 e. The average molecular weight is 228 g/mol. The molecule has 2 N–H and O–H groups in total. The van der Waals surface area contributed by atoms with Gasteiger partial charge in [0, 0.05) is 24.3 Å². The molecule has 0 radical (unpaired) electrons. The van der Waals surface area contributed by atoms with Gasteiger partial charge in [-0.2, -0.15) is 0 Å². The summed E-state index contributed by atoms with van der Waals surface area (Å²) < 4.78 is 0. The zero-order valence-corrected chi connectivity index (χ0v) is 8.75. The molecule has 6 heteroatoms. The third kappa shape index (κ3) is 3.05. The predicted molar refractivity (Wildman–Crippen MR) is 60.2 cm³/mol. The summed E-state index contributed by atoms with van der Waals surface area (Å²) in [5.74, 6) is 0. The second-order valence-electron chi connectivity index (χ2n) is 3.20. The first kappa shape index (κ1) is 12.2. The first-order valence-electron chi connectivity index (χ1n) is 4.58. The number of nitro benzene ring substituents is 1. The molecule has 0 saturated carbocycles. The summed E-state index contributed by atoms with van der Waals surface area (Å²) in [4.78, 5) is 12.9. The molecule has 0 spiro atoms. The summed E-state index contributed by atoms with van der Waals surface area (Å²) >= 11 is 0. The molecule has 0 fully saturated rings. The molecule has 0 bridgehead atoms. The first-order valence-corrected chi connectivity index (χ1v) is 4.58. The smallest absolute Gasteiger partial charge is 0.280 e. The van der Waals surface area contributed by atoms with Gasteiger partial charge in [0.15, 0.2) is 0 Å². The normalized spacial score (nSPS) is 10.9. The number of hydrogen-bond acceptors (Lipinski definition) is 4. The van der Waals surface area contributed by atoms with E-state index < -0.39 is 4.92 Å². The number of nitrogens with zero attached hydrogens (tertiary/aromatic N) is 3. The lowest BCUT2D eigenvalue weighted by molar-refractivity contribution is -0.384. The lowest BCUT2D eigenvalue weighted by atomic mass is 10.1. The Morgan fingerprint density at radius 3 is 2.53 bits per heavy atom. The van der Waals surface area contributed by atoms with Gasteiger partial charge in [-0.3, -0.25) is 10.1 Å². The summed E-state index contributed by atoms with van der Waals surface area (Å²) in [7, 11) is 0. The lowest BCUT2D eigenvalue weighted by Crippen LogP contribution is -2.04. The molecular weight excluding hydrogens is 220 g/mol. The minimum Gasteiger partial charge on any atom is -0.410 e. The van der Waals surface area contributed by atoms with E-state index in [1.54, 1.807) is 18.2 Å². The fourth-order valence-corrected chi connectivity index (χ4v) is 1.21. The molecule has 0 heterocycles. The van der Waals surface area contributed by atoms with Gasteiger partial charge in [0.2, 0.25) is 0 Å². The molecule has 0 aromatic heterocycles. The minimum atomic E-state index is -0.497. The van der Waals surface area contributed by atoms with Crippen LogP contribution in [0.4, 0.5) is 5.69 Å². The van der Waals surface area contributed by atoms with Gasteiger partial charge in [0.25, 0.3) is 11.4 Å². The van der Waals surface area contributed by atoms with Crippen molar-refractivity contribution in [2.24, 2.45) is 5.73 Å². The van der Waals surface area contributed by atoms with E-state index in [1.807, 2.05) is 0 Å². The molecule has 0 unspecified atom stereocenters. The van der Waals surface area contributed by atoms with Gasteiger partial charge in [0.1, 0.15) is 0 Å². The number of nitro groups is 1. The molecule has 1 aromatic carbocycles. The van der Waals surface area contributed by atoms with Gasteiger partial charge in [-0.15, -0.1) is 0 Å². The minimum absolute atomic E-state index is 0.0120. The lowest BCUT2D eigenvalue weighted by Gasteiger charge is -2.01. The van der Waals surface area contributed by atoms with Crippen LogP contribution in [0.1, 0.15) is 5.56 Å². The van der Waals surface area contributed by atoms with Crippen molar-refractivity contribution in [3.8, 4) is 6.07 Å². The van der Waals surface area contributed by atoms with Crippen molar-refractivity contribution in [2.45, 2.75) is 6.42 Å². The Balaban J connectivity index is 2.92. The summed E-state index contributed by atoms with van der Waals surface area (Å²) in [6, 6.07) is 7.49. The molecule has 0 aliphatic carbocycles. The molecule has 0 aliphatic heterocycles. The van der Waals surface area contributed by atoms with E-state index in [-0.39, 0.29) is 23.5 Å². The van der Waals surface area contributed by atoms with E-state index in [1.165, 1.54) is 12.1 Å². The van der Waals surface area contributed by atoms with E-state index in [2.05, 4.69) is 4.85 Å². The Morgan fingerprint density at radius 2 is 2.12 bits per heavy atom. The van der Waals surface area contributed by atoms with Gasteiger partial charge in [0.05, 0.1) is 17.6 Å². The standard InChI is InChI=1S/C11H8N4O2/c1-14-11(7-12)10(13)6-8-2-4-9(5-3-8)15(16)17/h2-5H,6,13H2/b11-10-. The van der Waals surface area contributed by atoms with E-state index in [0.29, 0.717) is 5.56 Å². The quantitative estimate of drug-likeness (QED) is 0.369. The Hall–Kier alpha value is -2.86. The topological polar surface area (TPSA) is 97.3 Å². The van der Waals surface area contributed by atoms with Crippen LogP contribution in [0.15, 0.2) is 35.7 Å². The molecule has 6 nitrogen and oxygen atoms in total. The second-order valence-corrected chi connectivity index (χ2v) is 3.20. The molecule has 0 atom stereocenters. The second kappa shape index (κ2) is 5.29. The Morgan fingerprint density at radius 1 is 1.53 bits per heavy atom. The predicted octanol–water partition coefficient (Wildman–Crippen LogP) is 1.75. The van der Waals surface area contributed by atoms with Crippen LogP contribution in [0.2, 0.25) is 0 Å². The Bertz CT molecular complexity index is 530. The highest BCUT2D eigenvalue weighted by molar-refractivity contribution is 5.38. The monoisotopic (exact) mass is 228 g/mol. The highest BCUT2D eigenvalue weighted by atomic mass is 16.6. The van der Waals surface area contributed by atoms with E-state index in [0.717, 1.165) is 0 Å². The maximum atomic E-state index is 10.4. The van der Waals surface area contributed by atoms with Crippen molar-refractivity contribution < 1.29 is 4.92 Å². The van der Waals surface area contributed by atoms with Crippen LogP contribution < -0.4 is 5.73 Å². The highest BCUT2D eigenvalue weighted by Crippen LogP contribution is 2.14. The molecule has 0 aliphatic rings. The van der Waals surface area contributed by atoms with Gasteiger partial charge in [-0.05, 0) is 5.56 Å². The van der Waals surface area contributed by atoms with Crippen molar-refractivity contribution in [3.05, 3.63) is 62.8 Å². The van der Waals surface area contributed by atoms with Gasteiger partial charge in [-0.25, -0.2) is 10.1 Å². The number of nitrogens with two attached hydrogens (primary N) is 1. The molecule has 17 heavy (non-hydrogen) atoms. The summed E-state index contributed by atoms with van der Waals surface area (Å²) in [5, 5.41) is 19.0. The van der Waals surface area contributed by atoms with Crippen LogP contribution in [0.25, 0.3) is 4.85 Å². The van der Waals surface area contributed by atoms with Gasteiger partial charge < -0.3 is 5.73 Å². The third-order valence-corrected chi connectivity index (χ3v) is 2.06. The maximum absolute atomic E-state index is 10.4. The van der Waals surface area contributed by atoms with E-state index in [9.17, 15) is 10.1 Å². The Kier molecular flexibility index (Phi) is 3.80. The average Bonchev–Trinajstić information content (AvgIpc) is 2.31. The van der Waals surface area contributed by atoms with E-state index in [4.69, 9.17) is 17.6 Å². The molecule has 84 valence electrons. The number of hydrogen-bond donors (Lipinski definition) is 1. The molecule has 0 saturated heterocycles. The molecule has 1 rings (SSSR count). The van der Waals surface area contributed by atoms with Crippen LogP contribution in [-0.4, -0.2) is 4.92 Å². The molecule has 0 amide bonds. The SMILES string of the molecule is [C-]#[N+]/C(C#N)=C(\N)Cc1ccc([N+](=O)[O-])cc1. The maximum Gasteiger partial charge on any atom is 0.280 e. The number of rotatable bonds is 3. The van der Waals surface area contributed by atoms with Crippen LogP contribution in [-0.2, 0) is 6.42 Å². The number of benzene rings is 1. The number of non-ortho nitro benzene ring substituents is 1. The third-order valence-electron chi connectivity index (χ3n) is 2.06. The zero-order chi connectivity index (χ0) is 12.8. The number of allylic oxidation sites excluding steroid dienone is 2. The van der Waals surface area contributed by atoms with Crippen LogP contribution in [0.3, 0.4) is 0 Å². The summed E-state index contributed by atoms with van der Waals surface area (Å²) in [5.41, 5.74) is 6.29. The summed E-state index contributed by atoms with van der Waals surface area (Å²) in [6.07, 6.45) is 0.225. The highest BCUT2D eigenvalue weighted by Gasteiger charge is 2.06. The first-order chi connectivity index (χ1) is 8.08. The fraction of sp³-hybridized carbons (Fsp3) is 0.0909. The fourth-order valence-electron chi connectivity index (χ4n) is 1.21. The molecular formula is C11H8N4O2. The van der Waals surface area contributed by atoms with Crippen LogP contribution in [0, 0.1) is 28.0 Å². The number of nitriles is 1. The Labute approximate surface area is 97.6 Å². The van der Waals surface area contributed by atoms with Crippen molar-refractivity contribution in [3.63, 3.8) is 0 Å². The summed E-state index contributed by atoms with van der Waals surface area (Å²) in [6.45, 7) is 6.72. The van der Waals surface area contributed by atoms with Gasteiger partial charge >= 0.3 is 0 Å². The molecule has 1 aromatic rings. The van der Waals surface area contributed by atoms with Crippen molar-refractivity contribution in [1.29, 1.82) is 5.26 Å². The zero-order valence-electron chi connectivity index (χ0n) is 8.75. The van der Waals surface area contributed by atoms with Crippen molar-refractivity contribution >= 4 is 5.69 Å². The van der Waals surface area contributed by atoms with Crippen LogP contribution >= 0.6 is 0 Å². The van der Waals surface area contributed by atoms with Gasteiger partial charge in [-0.1, -0.05) is 12.1 Å². The van der Waals surface area contributed by atoms with E-state index >= 15 is 0 Å². The van der Waals surface area contributed by atoms with Crippen molar-refractivity contribution in [2.75, 3.05) is 0 Å². The van der Waals surface area contributed by atoms with Crippen LogP contribution in [0.5, 0.6) is 0 Å². The van der Waals surface area contributed by atoms with Crippen molar-refractivity contribution in [1.82, 2.24) is 0 Å².